The molecule has 0 aromatic carbocycles. The van der Waals surface area contributed by atoms with Gasteiger partial charge in [0.15, 0.2) is 0 Å². The Labute approximate surface area is 50.8 Å². The van der Waals surface area contributed by atoms with Crippen molar-refractivity contribution in [2.75, 3.05) is 7.05 Å². The summed E-state index contributed by atoms with van der Waals surface area (Å²) in [5, 5.41) is 3.27. The molecule has 1 rings (SSSR count). The predicted octanol–water partition coefficient (Wildman–Crippen LogP) is 1.31. The zero-order valence-electron chi connectivity index (χ0n) is 5.57. The van der Waals surface area contributed by atoms with Crippen LogP contribution in [0, 0.1) is 0 Å². The van der Waals surface area contributed by atoms with Crippen LogP contribution in [0.25, 0.3) is 0 Å². The molecule has 0 radical (unpaired) electrons. The molecule has 0 amide bonds. The number of nitrogens with one attached hydrogen (secondary N) is 1. The standard InChI is InChI=1S/C7H13N/c1-3-4-7(8-2)5-6-7/h3-4,8H,5-6H2,1-2H3/b4-3+. The summed E-state index contributed by atoms with van der Waals surface area (Å²) in [6.07, 6.45) is 6.98. The van der Waals surface area contributed by atoms with Gasteiger partial charge in [0, 0.05) is 5.54 Å². The van der Waals surface area contributed by atoms with Gasteiger partial charge in [0.2, 0.25) is 0 Å². The first kappa shape index (κ1) is 5.83. The lowest BCUT2D eigenvalue weighted by Gasteiger charge is -2.04. The molecule has 1 fully saturated rings. The highest BCUT2D eigenvalue weighted by Gasteiger charge is 2.37. The van der Waals surface area contributed by atoms with E-state index in [0.29, 0.717) is 5.54 Å². The van der Waals surface area contributed by atoms with Crippen LogP contribution in [-0.4, -0.2) is 12.6 Å². The van der Waals surface area contributed by atoms with E-state index in [4.69, 9.17) is 0 Å². The van der Waals surface area contributed by atoms with Crippen LogP contribution in [0.3, 0.4) is 0 Å². The normalized spacial score (nSPS) is 24.2. The van der Waals surface area contributed by atoms with E-state index >= 15 is 0 Å². The van der Waals surface area contributed by atoms with Gasteiger partial charge in [0.25, 0.3) is 0 Å². The van der Waals surface area contributed by atoms with E-state index < -0.39 is 0 Å². The fourth-order valence-corrected chi connectivity index (χ4v) is 0.954. The van der Waals surface area contributed by atoms with Crippen molar-refractivity contribution in [3.05, 3.63) is 12.2 Å². The van der Waals surface area contributed by atoms with Gasteiger partial charge in [-0.15, -0.1) is 0 Å². The van der Waals surface area contributed by atoms with Crippen LogP contribution in [0.15, 0.2) is 12.2 Å². The quantitative estimate of drug-likeness (QED) is 0.530. The van der Waals surface area contributed by atoms with E-state index in [1.54, 1.807) is 0 Å². The summed E-state index contributed by atoms with van der Waals surface area (Å²) in [5.41, 5.74) is 0.411. The summed E-state index contributed by atoms with van der Waals surface area (Å²) in [5.74, 6) is 0. The molecule has 0 unspecified atom stereocenters. The molecule has 0 saturated heterocycles. The van der Waals surface area contributed by atoms with Crippen LogP contribution < -0.4 is 5.32 Å². The van der Waals surface area contributed by atoms with E-state index in [9.17, 15) is 0 Å². The average Bonchev–Trinajstić information content (AvgIpc) is 2.50. The second kappa shape index (κ2) is 1.90. The number of rotatable bonds is 2. The Morgan fingerprint density at radius 1 is 1.50 bits per heavy atom. The van der Waals surface area contributed by atoms with E-state index in [0.717, 1.165) is 0 Å². The monoisotopic (exact) mass is 111 g/mol. The van der Waals surface area contributed by atoms with Crippen molar-refractivity contribution in [2.24, 2.45) is 0 Å². The highest BCUT2D eigenvalue weighted by atomic mass is 15.0. The molecule has 0 bridgehead atoms. The van der Waals surface area contributed by atoms with Gasteiger partial charge in [0.1, 0.15) is 0 Å². The predicted molar refractivity (Wildman–Crippen MR) is 35.8 cm³/mol. The van der Waals surface area contributed by atoms with Crippen molar-refractivity contribution in [2.45, 2.75) is 25.3 Å². The van der Waals surface area contributed by atoms with Crippen LogP contribution >= 0.6 is 0 Å². The van der Waals surface area contributed by atoms with Crippen molar-refractivity contribution in [1.82, 2.24) is 5.32 Å². The molecule has 0 heterocycles. The molecular formula is C7H13N. The van der Waals surface area contributed by atoms with E-state index in [2.05, 4.69) is 24.4 Å². The highest BCUT2D eigenvalue weighted by molar-refractivity contribution is 5.15. The summed E-state index contributed by atoms with van der Waals surface area (Å²) in [7, 11) is 2.02. The minimum Gasteiger partial charge on any atom is -0.311 e. The van der Waals surface area contributed by atoms with E-state index in [1.807, 2.05) is 7.05 Å². The number of likely N-dealkylation sites (N-methyl/N-ethyl adjacent to an activating group) is 1. The Morgan fingerprint density at radius 2 is 2.12 bits per heavy atom. The topological polar surface area (TPSA) is 12.0 Å². The molecule has 1 aliphatic carbocycles. The third kappa shape index (κ3) is 0.920. The first-order chi connectivity index (χ1) is 3.83. The molecule has 8 heavy (non-hydrogen) atoms. The SMILES string of the molecule is C/C=C/C1(NC)CC1. The maximum absolute atomic E-state index is 3.27. The Kier molecular flexibility index (Phi) is 1.39. The molecule has 0 aromatic rings. The minimum absolute atomic E-state index is 0.411. The van der Waals surface area contributed by atoms with Crippen molar-refractivity contribution in [1.29, 1.82) is 0 Å². The molecule has 1 nitrogen and oxygen atoms in total. The Bertz CT molecular complexity index is 101. The molecule has 1 heteroatoms. The maximum Gasteiger partial charge on any atom is 0.0363 e. The Morgan fingerprint density at radius 3 is 2.25 bits per heavy atom. The zero-order valence-corrected chi connectivity index (χ0v) is 5.57. The zero-order chi connectivity index (χ0) is 6.04. The van der Waals surface area contributed by atoms with Crippen molar-refractivity contribution < 1.29 is 0 Å². The van der Waals surface area contributed by atoms with E-state index in [1.165, 1.54) is 12.8 Å². The molecule has 46 valence electrons. The fraction of sp³-hybridized carbons (Fsp3) is 0.714. The van der Waals surface area contributed by atoms with Gasteiger partial charge >= 0.3 is 0 Å². The lowest BCUT2D eigenvalue weighted by Crippen LogP contribution is -2.23. The van der Waals surface area contributed by atoms with Crippen LogP contribution in [-0.2, 0) is 0 Å². The van der Waals surface area contributed by atoms with Crippen LogP contribution in [0.1, 0.15) is 19.8 Å². The minimum atomic E-state index is 0.411. The first-order valence-electron chi connectivity index (χ1n) is 3.16. The van der Waals surface area contributed by atoms with Gasteiger partial charge < -0.3 is 5.32 Å². The van der Waals surface area contributed by atoms with Crippen molar-refractivity contribution in [3.8, 4) is 0 Å². The summed E-state index contributed by atoms with van der Waals surface area (Å²) in [4.78, 5) is 0. The lowest BCUT2D eigenvalue weighted by molar-refractivity contribution is 0.670. The third-order valence-electron chi connectivity index (χ3n) is 1.77. The van der Waals surface area contributed by atoms with Gasteiger partial charge in [-0.3, -0.25) is 0 Å². The third-order valence-corrected chi connectivity index (χ3v) is 1.77. The van der Waals surface area contributed by atoms with Crippen LogP contribution in [0.4, 0.5) is 0 Å². The summed E-state index contributed by atoms with van der Waals surface area (Å²) < 4.78 is 0. The highest BCUT2D eigenvalue weighted by Crippen LogP contribution is 2.35. The van der Waals surface area contributed by atoms with Gasteiger partial charge in [-0.05, 0) is 26.8 Å². The number of hydrogen-bond acceptors (Lipinski definition) is 1. The molecule has 0 spiro atoms. The van der Waals surface area contributed by atoms with Crippen molar-refractivity contribution >= 4 is 0 Å². The maximum atomic E-state index is 3.27. The summed E-state index contributed by atoms with van der Waals surface area (Å²) in [6.45, 7) is 2.07. The molecule has 0 aromatic heterocycles. The summed E-state index contributed by atoms with van der Waals surface area (Å²) >= 11 is 0. The first-order valence-corrected chi connectivity index (χ1v) is 3.16. The largest absolute Gasteiger partial charge is 0.311 e. The molecule has 1 aliphatic rings. The average molecular weight is 111 g/mol. The molecule has 0 aliphatic heterocycles. The second-order valence-electron chi connectivity index (χ2n) is 2.41. The number of allylic oxidation sites excluding steroid dienone is 1. The molecule has 0 atom stereocenters. The Hall–Kier alpha value is -0.300. The molecule has 1 saturated carbocycles. The second-order valence-corrected chi connectivity index (χ2v) is 2.41. The van der Waals surface area contributed by atoms with Gasteiger partial charge in [-0.25, -0.2) is 0 Å². The molecular weight excluding hydrogens is 98.1 g/mol. The fourth-order valence-electron chi connectivity index (χ4n) is 0.954. The van der Waals surface area contributed by atoms with Gasteiger partial charge in [-0.1, -0.05) is 12.2 Å². The van der Waals surface area contributed by atoms with Gasteiger partial charge in [0.05, 0.1) is 0 Å². The van der Waals surface area contributed by atoms with Crippen molar-refractivity contribution in [3.63, 3.8) is 0 Å². The smallest absolute Gasteiger partial charge is 0.0363 e. The van der Waals surface area contributed by atoms with Gasteiger partial charge in [-0.2, -0.15) is 0 Å². The van der Waals surface area contributed by atoms with E-state index in [-0.39, 0.29) is 0 Å². The van der Waals surface area contributed by atoms with Crippen LogP contribution in [0.5, 0.6) is 0 Å². The van der Waals surface area contributed by atoms with Crippen LogP contribution in [0.2, 0.25) is 0 Å². The summed E-state index contributed by atoms with van der Waals surface area (Å²) in [6, 6.07) is 0. The molecule has 1 N–H and O–H groups in total. The number of hydrogen-bond donors (Lipinski definition) is 1. The lowest BCUT2D eigenvalue weighted by atomic mass is 10.2. The Balaban J connectivity index is 2.41.